The van der Waals surface area contributed by atoms with E-state index in [0.717, 1.165) is 52.5 Å². The highest BCUT2D eigenvalue weighted by Crippen LogP contribution is 2.33. The summed E-state index contributed by atoms with van der Waals surface area (Å²) in [5.41, 5.74) is 1.13. The van der Waals surface area contributed by atoms with E-state index in [9.17, 15) is 4.79 Å². The summed E-state index contributed by atoms with van der Waals surface area (Å²) in [6.07, 6.45) is 0.773. The average molecular weight is 362 g/mol. The summed E-state index contributed by atoms with van der Waals surface area (Å²) < 4.78 is 1.88. The molecule has 0 bridgehead atoms. The van der Waals surface area contributed by atoms with Crippen LogP contribution in [0.5, 0.6) is 0 Å². The molecular formula is C18H23N3OS2. The second kappa shape index (κ2) is 7.59. The third-order valence-electron chi connectivity index (χ3n) is 4.41. The molecule has 0 amide bonds. The molecule has 3 aromatic heterocycles. The summed E-state index contributed by atoms with van der Waals surface area (Å²) >= 11 is 3.24. The third-order valence-corrected chi connectivity index (χ3v) is 6.19. The van der Waals surface area contributed by atoms with E-state index < -0.39 is 0 Å². The molecule has 0 fully saturated rings. The van der Waals surface area contributed by atoms with E-state index >= 15 is 0 Å². The van der Waals surface area contributed by atoms with Gasteiger partial charge in [0.15, 0.2) is 0 Å². The van der Waals surface area contributed by atoms with Crippen molar-refractivity contribution in [2.75, 3.05) is 19.6 Å². The van der Waals surface area contributed by atoms with Gasteiger partial charge in [0, 0.05) is 35.3 Å². The first-order chi connectivity index (χ1) is 11.7. The Kier molecular flexibility index (Phi) is 5.48. The molecule has 0 saturated carbocycles. The molecule has 0 aromatic carbocycles. The van der Waals surface area contributed by atoms with Gasteiger partial charge < -0.3 is 4.90 Å². The summed E-state index contributed by atoms with van der Waals surface area (Å²) in [5.74, 6) is 0.888. The molecule has 128 valence electrons. The number of rotatable bonds is 7. The van der Waals surface area contributed by atoms with Gasteiger partial charge in [0.2, 0.25) is 0 Å². The van der Waals surface area contributed by atoms with Gasteiger partial charge in [-0.05, 0) is 24.5 Å². The normalized spacial score (nSPS) is 11.7. The molecule has 4 nitrogen and oxygen atoms in total. The minimum Gasteiger partial charge on any atom is -0.302 e. The van der Waals surface area contributed by atoms with Crippen molar-refractivity contribution in [3.05, 3.63) is 39.1 Å². The van der Waals surface area contributed by atoms with Crippen LogP contribution in [0.4, 0.5) is 0 Å². The van der Waals surface area contributed by atoms with Gasteiger partial charge in [0.1, 0.15) is 10.7 Å². The number of fused-ring (bicyclic) bond motifs is 1. The zero-order valence-corrected chi connectivity index (χ0v) is 16.0. The van der Waals surface area contributed by atoms with Crippen LogP contribution in [0, 0.1) is 0 Å². The van der Waals surface area contributed by atoms with Crippen LogP contribution >= 0.6 is 22.7 Å². The Labute approximate surface area is 150 Å². The van der Waals surface area contributed by atoms with Crippen molar-refractivity contribution in [3.8, 4) is 10.4 Å². The maximum Gasteiger partial charge on any atom is 0.262 e. The van der Waals surface area contributed by atoms with Crippen LogP contribution in [0.2, 0.25) is 0 Å². The van der Waals surface area contributed by atoms with Gasteiger partial charge in [-0.2, -0.15) is 0 Å². The van der Waals surface area contributed by atoms with Crippen LogP contribution in [-0.4, -0.2) is 34.1 Å². The summed E-state index contributed by atoms with van der Waals surface area (Å²) in [7, 11) is 0. The van der Waals surface area contributed by atoms with Gasteiger partial charge in [-0.1, -0.05) is 26.8 Å². The molecular weight excluding hydrogens is 338 g/mol. The van der Waals surface area contributed by atoms with E-state index in [1.807, 2.05) is 16.0 Å². The van der Waals surface area contributed by atoms with Crippen molar-refractivity contribution in [3.63, 3.8) is 0 Å². The number of hydrogen-bond acceptors (Lipinski definition) is 5. The molecule has 0 aliphatic carbocycles. The first-order valence-corrected chi connectivity index (χ1v) is 10.2. The van der Waals surface area contributed by atoms with Gasteiger partial charge >= 0.3 is 0 Å². The van der Waals surface area contributed by atoms with Crippen molar-refractivity contribution < 1.29 is 0 Å². The zero-order valence-electron chi connectivity index (χ0n) is 14.4. The second-order valence-corrected chi connectivity index (χ2v) is 7.48. The van der Waals surface area contributed by atoms with E-state index in [4.69, 9.17) is 4.98 Å². The Hall–Kier alpha value is -1.50. The fourth-order valence-electron chi connectivity index (χ4n) is 2.96. The van der Waals surface area contributed by atoms with Gasteiger partial charge in [-0.25, -0.2) is 4.98 Å². The molecule has 24 heavy (non-hydrogen) atoms. The molecule has 0 saturated heterocycles. The lowest BCUT2D eigenvalue weighted by atomic mass is 10.2. The Bertz CT molecular complexity index is 860. The number of thiophene rings is 2. The zero-order chi connectivity index (χ0) is 17.1. The molecule has 0 radical (unpaired) electrons. The molecule has 0 N–H and O–H groups in total. The molecule has 0 unspecified atom stereocenters. The average Bonchev–Trinajstić information content (AvgIpc) is 3.25. The number of nitrogens with zero attached hydrogens (tertiary/aromatic N) is 3. The lowest BCUT2D eigenvalue weighted by Gasteiger charge is -2.19. The fraction of sp³-hybridized carbons (Fsp3) is 0.444. The predicted octanol–water partition coefficient (Wildman–Crippen LogP) is 4.09. The molecule has 3 heterocycles. The molecule has 0 aliphatic heterocycles. The van der Waals surface area contributed by atoms with Crippen LogP contribution in [-0.2, 0) is 13.0 Å². The van der Waals surface area contributed by atoms with Crippen LogP contribution in [0.1, 0.15) is 26.6 Å². The topological polar surface area (TPSA) is 38.1 Å². The largest absolute Gasteiger partial charge is 0.302 e. The van der Waals surface area contributed by atoms with Crippen LogP contribution < -0.4 is 5.56 Å². The predicted molar refractivity (Wildman–Crippen MR) is 104 cm³/mol. The highest BCUT2D eigenvalue weighted by molar-refractivity contribution is 7.18. The SMILES string of the molecule is CCc1nc2scc(-c3cccs3)c2c(=O)n1CCN(CC)CC. The van der Waals surface area contributed by atoms with Crippen molar-refractivity contribution in [1.82, 2.24) is 14.5 Å². The summed E-state index contributed by atoms with van der Waals surface area (Å²) in [6, 6.07) is 4.09. The maximum absolute atomic E-state index is 13.2. The standard InChI is InChI=1S/C18H23N3OS2/c1-4-15-19-17-16(13(12-24-17)14-8-7-11-23-14)18(22)21(15)10-9-20(5-2)6-3/h7-8,11-12H,4-6,9-10H2,1-3H3. The van der Waals surface area contributed by atoms with Crippen molar-refractivity contribution in [2.45, 2.75) is 33.7 Å². The smallest absolute Gasteiger partial charge is 0.262 e. The molecule has 0 aliphatic rings. The number of aromatic nitrogens is 2. The number of likely N-dealkylation sites (N-methyl/N-ethyl adjacent to an activating group) is 1. The lowest BCUT2D eigenvalue weighted by Crippen LogP contribution is -2.33. The Morgan fingerprint density at radius 1 is 1.21 bits per heavy atom. The van der Waals surface area contributed by atoms with Gasteiger partial charge in [0.25, 0.3) is 5.56 Å². The minimum atomic E-state index is 0.105. The monoisotopic (exact) mass is 361 g/mol. The third kappa shape index (κ3) is 3.18. The van der Waals surface area contributed by atoms with Crippen molar-refractivity contribution >= 4 is 32.9 Å². The quantitative estimate of drug-likeness (QED) is 0.636. The Balaban J connectivity index is 2.08. The van der Waals surface area contributed by atoms with E-state index in [1.165, 1.54) is 0 Å². The van der Waals surface area contributed by atoms with Crippen LogP contribution in [0.25, 0.3) is 20.7 Å². The van der Waals surface area contributed by atoms with E-state index in [1.54, 1.807) is 22.7 Å². The van der Waals surface area contributed by atoms with Crippen molar-refractivity contribution in [2.24, 2.45) is 0 Å². The van der Waals surface area contributed by atoms with Crippen molar-refractivity contribution in [1.29, 1.82) is 0 Å². The minimum absolute atomic E-state index is 0.105. The summed E-state index contributed by atoms with van der Waals surface area (Å²) in [6.45, 7) is 9.96. The van der Waals surface area contributed by atoms with E-state index in [2.05, 4.69) is 37.1 Å². The Morgan fingerprint density at radius 2 is 2.00 bits per heavy atom. The van der Waals surface area contributed by atoms with Gasteiger partial charge in [-0.3, -0.25) is 9.36 Å². The highest BCUT2D eigenvalue weighted by Gasteiger charge is 2.17. The molecule has 0 spiro atoms. The summed E-state index contributed by atoms with van der Waals surface area (Å²) in [5, 5.41) is 4.89. The molecule has 3 rings (SSSR count). The van der Waals surface area contributed by atoms with Crippen LogP contribution in [0.3, 0.4) is 0 Å². The first-order valence-electron chi connectivity index (χ1n) is 8.46. The fourth-order valence-corrected chi connectivity index (χ4v) is 4.73. The summed E-state index contributed by atoms with van der Waals surface area (Å²) in [4.78, 5) is 22.3. The highest BCUT2D eigenvalue weighted by atomic mass is 32.1. The lowest BCUT2D eigenvalue weighted by molar-refractivity contribution is 0.287. The first kappa shape index (κ1) is 17.3. The number of hydrogen-bond donors (Lipinski definition) is 0. The van der Waals surface area contributed by atoms with Crippen LogP contribution in [0.15, 0.2) is 27.7 Å². The molecule has 6 heteroatoms. The molecule has 3 aromatic rings. The molecule has 0 atom stereocenters. The Morgan fingerprint density at radius 3 is 2.62 bits per heavy atom. The second-order valence-electron chi connectivity index (χ2n) is 5.67. The number of aryl methyl sites for hydroxylation is 1. The van der Waals surface area contributed by atoms with Gasteiger partial charge in [-0.15, -0.1) is 22.7 Å². The van der Waals surface area contributed by atoms with Gasteiger partial charge in [0.05, 0.1) is 5.39 Å². The van der Waals surface area contributed by atoms with E-state index in [-0.39, 0.29) is 5.56 Å². The maximum atomic E-state index is 13.2. The van der Waals surface area contributed by atoms with E-state index in [0.29, 0.717) is 6.54 Å².